The first-order valence-electron chi connectivity index (χ1n) is 12.4. The van der Waals surface area contributed by atoms with Crippen molar-refractivity contribution in [3.05, 3.63) is 42.2 Å². The van der Waals surface area contributed by atoms with E-state index in [1.54, 1.807) is 0 Å². The molecule has 0 amide bonds. The van der Waals surface area contributed by atoms with Crippen molar-refractivity contribution < 1.29 is 9.53 Å². The molecular formula is C27H38N2O2. The Hall–Kier alpha value is -2.23. The molecule has 0 bridgehead atoms. The van der Waals surface area contributed by atoms with Crippen molar-refractivity contribution in [1.82, 2.24) is 9.97 Å². The van der Waals surface area contributed by atoms with E-state index in [2.05, 4.69) is 16.9 Å². The Morgan fingerprint density at radius 3 is 2.06 bits per heavy atom. The summed E-state index contributed by atoms with van der Waals surface area (Å²) in [5, 5.41) is 0. The maximum absolute atomic E-state index is 12.2. The second-order valence-electron chi connectivity index (χ2n) is 8.92. The maximum atomic E-state index is 12.2. The summed E-state index contributed by atoms with van der Waals surface area (Å²) in [6.07, 6.45) is 21.2. The molecule has 1 aliphatic rings. The minimum atomic E-state index is -0.0951. The summed E-state index contributed by atoms with van der Waals surface area (Å²) in [7, 11) is 0. The number of hydrogen-bond acceptors (Lipinski definition) is 4. The third-order valence-corrected chi connectivity index (χ3v) is 6.29. The van der Waals surface area contributed by atoms with Crippen LogP contribution in [0, 0.1) is 5.92 Å². The smallest absolute Gasteiger partial charge is 0.314 e. The monoisotopic (exact) mass is 422 g/mol. The van der Waals surface area contributed by atoms with Gasteiger partial charge < -0.3 is 4.74 Å². The average molecular weight is 423 g/mol. The number of hydrogen-bond donors (Lipinski definition) is 0. The zero-order valence-electron chi connectivity index (χ0n) is 19.2. The summed E-state index contributed by atoms with van der Waals surface area (Å²) < 4.78 is 5.53. The van der Waals surface area contributed by atoms with Gasteiger partial charge >= 0.3 is 5.97 Å². The van der Waals surface area contributed by atoms with E-state index >= 15 is 0 Å². The van der Waals surface area contributed by atoms with E-state index < -0.39 is 0 Å². The lowest BCUT2D eigenvalue weighted by Crippen LogP contribution is -2.17. The largest absolute Gasteiger partial charge is 0.426 e. The number of carbonyl (C=O) groups excluding carboxylic acids is 1. The molecule has 0 radical (unpaired) electrons. The van der Waals surface area contributed by atoms with E-state index in [0.29, 0.717) is 11.6 Å². The lowest BCUT2D eigenvalue weighted by atomic mass is 10.1. The molecule has 168 valence electrons. The minimum Gasteiger partial charge on any atom is -0.426 e. The molecule has 3 rings (SSSR count). The molecule has 4 nitrogen and oxygen atoms in total. The van der Waals surface area contributed by atoms with Gasteiger partial charge in [-0.25, -0.2) is 9.97 Å². The SMILES string of the molecule is CCCCCCCCCCCc1cnc(-c2ccc(OC(=O)C3CCCC3)cc2)nc1. The van der Waals surface area contributed by atoms with Gasteiger partial charge in [-0.15, -0.1) is 0 Å². The molecule has 0 unspecified atom stereocenters. The summed E-state index contributed by atoms with van der Waals surface area (Å²) in [4.78, 5) is 21.2. The number of aromatic nitrogens is 2. The van der Waals surface area contributed by atoms with Gasteiger partial charge in [-0.1, -0.05) is 71.1 Å². The lowest BCUT2D eigenvalue weighted by Gasteiger charge is -2.09. The Morgan fingerprint density at radius 2 is 1.45 bits per heavy atom. The van der Waals surface area contributed by atoms with E-state index in [-0.39, 0.29) is 11.9 Å². The van der Waals surface area contributed by atoms with Crippen LogP contribution in [-0.4, -0.2) is 15.9 Å². The van der Waals surface area contributed by atoms with Crippen molar-refractivity contribution in [2.75, 3.05) is 0 Å². The first-order chi connectivity index (χ1) is 15.3. The van der Waals surface area contributed by atoms with Crippen LogP contribution >= 0.6 is 0 Å². The second kappa shape index (κ2) is 13.2. The summed E-state index contributed by atoms with van der Waals surface area (Å²) in [6.45, 7) is 2.27. The van der Waals surface area contributed by atoms with Gasteiger partial charge in [0, 0.05) is 18.0 Å². The fraction of sp³-hybridized carbons (Fsp3) is 0.593. The van der Waals surface area contributed by atoms with E-state index in [0.717, 1.165) is 37.7 Å². The molecule has 2 aromatic rings. The van der Waals surface area contributed by atoms with Gasteiger partial charge in [-0.2, -0.15) is 0 Å². The van der Waals surface area contributed by atoms with Crippen LogP contribution in [0.4, 0.5) is 0 Å². The molecule has 1 saturated carbocycles. The molecule has 1 heterocycles. The highest BCUT2D eigenvalue weighted by Crippen LogP contribution is 2.27. The normalized spacial score (nSPS) is 14.1. The first kappa shape index (κ1) is 23.4. The molecule has 1 aromatic carbocycles. The fourth-order valence-electron chi connectivity index (χ4n) is 4.31. The van der Waals surface area contributed by atoms with Crippen LogP contribution in [0.2, 0.25) is 0 Å². The molecule has 1 fully saturated rings. The maximum Gasteiger partial charge on any atom is 0.314 e. The number of benzene rings is 1. The van der Waals surface area contributed by atoms with E-state index in [1.807, 2.05) is 36.7 Å². The van der Waals surface area contributed by atoms with Gasteiger partial charge in [-0.3, -0.25) is 4.79 Å². The molecule has 0 saturated heterocycles. The fourth-order valence-corrected chi connectivity index (χ4v) is 4.31. The van der Waals surface area contributed by atoms with Crippen LogP contribution < -0.4 is 4.74 Å². The summed E-state index contributed by atoms with van der Waals surface area (Å²) in [5.74, 6) is 1.29. The van der Waals surface area contributed by atoms with Crippen LogP contribution in [-0.2, 0) is 11.2 Å². The predicted molar refractivity (Wildman–Crippen MR) is 126 cm³/mol. The highest BCUT2D eigenvalue weighted by molar-refractivity contribution is 5.75. The number of aryl methyl sites for hydroxylation is 1. The van der Waals surface area contributed by atoms with Crippen LogP contribution in [0.1, 0.15) is 96.0 Å². The standard InChI is InChI=1S/C27H38N2O2/c1-2-3-4-5-6-7-8-9-10-13-22-20-28-26(29-21-22)23-16-18-25(19-17-23)31-27(30)24-14-11-12-15-24/h16-21,24H,2-15H2,1H3. The summed E-state index contributed by atoms with van der Waals surface area (Å²) in [6, 6.07) is 7.52. The molecule has 0 spiro atoms. The van der Waals surface area contributed by atoms with E-state index in [1.165, 1.54) is 63.4 Å². The Kier molecular flexibility index (Phi) is 10.0. The number of rotatable bonds is 13. The third kappa shape index (κ3) is 8.08. The topological polar surface area (TPSA) is 52.1 Å². The highest BCUT2D eigenvalue weighted by atomic mass is 16.5. The van der Waals surface area contributed by atoms with Crippen LogP contribution in [0.25, 0.3) is 11.4 Å². The Bertz CT molecular complexity index is 765. The van der Waals surface area contributed by atoms with Gasteiger partial charge in [-0.05, 0) is 55.5 Å². The molecule has 4 heteroatoms. The molecule has 0 atom stereocenters. The van der Waals surface area contributed by atoms with Crippen LogP contribution in [0.5, 0.6) is 5.75 Å². The molecule has 0 aliphatic heterocycles. The summed E-state index contributed by atoms with van der Waals surface area (Å²) >= 11 is 0. The number of nitrogens with zero attached hydrogens (tertiary/aromatic N) is 2. The quantitative estimate of drug-likeness (QED) is 0.193. The van der Waals surface area contributed by atoms with Crippen molar-refractivity contribution in [1.29, 1.82) is 0 Å². The molecule has 31 heavy (non-hydrogen) atoms. The van der Waals surface area contributed by atoms with E-state index in [9.17, 15) is 4.79 Å². The van der Waals surface area contributed by atoms with Gasteiger partial charge in [0.15, 0.2) is 5.82 Å². The van der Waals surface area contributed by atoms with Gasteiger partial charge in [0.25, 0.3) is 0 Å². The molecule has 1 aliphatic carbocycles. The van der Waals surface area contributed by atoms with Crippen molar-refractivity contribution in [3.63, 3.8) is 0 Å². The van der Waals surface area contributed by atoms with Gasteiger partial charge in [0.2, 0.25) is 0 Å². The lowest BCUT2D eigenvalue weighted by molar-refractivity contribution is -0.138. The van der Waals surface area contributed by atoms with Crippen molar-refractivity contribution in [2.24, 2.45) is 5.92 Å². The van der Waals surface area contributed by atoms with Crippen LogP contribution in [0.15, 0.2) is 36.7 Å². The number of esters is 1. The molecular weight excluding hydrogens is 384 g/mol. The third-order valence-electron chi connectivity index (χ3n) is 6.29. The van der Waals surface area contributed by atoms with Crippen molar-refractivity contribution in [2.45, 2.75) is 96.8 Å². The Morgan fingerprint density at radius 1 is 0.871 bits per heavy atom. The number of carbonyl (C=O) groups is 1. The average Bonchev–Trinajstić information content (AvgIpc) is 3.34. The van der Waals surface area contributed by atoms with Crippen molar-refractivity contribution >= 4 is 5.97 Å². The highest BCUT2D eigenvalue weighted by Gasteiger charge is 2.24. The summed E-state index contributed by atoms with van der Waals surface area (Å²) in [5.41, 5.74) is 2.14. The molecule has 1 aromatic heterocycles. The second-order valence-corrected chi connectivity index (χ2v) is 8.92. The number of unbranched alkanes of at least 4 members (excludes halogenated alkanes) is 8. The van der Waals surface area contributed by atoms with E-state index in [4.69, 9.17) is 4.74 Å². The zero-order valence-corrected chi connectivity index (χ0v) is 19.2. The first-order valence-corrected chi connectivity index (χ1v) is 12.4. The van der Waals surface area contributed by atoms with Crippen molar-refractivity contribution in [3.8, 4) is 17.1 Å². The Labute approximate surface area is 187 Å². The van der Waals surface area contributed by atoms with Crippen LogP contribution in [0.3, 0.4) is 0 Å². The minimum absolute atomic E-state index is 0.0707. The predicted octanol–water partition coefficient (Wildman–Crippen LogP) is 7.31. The molecule has 0 N–H and O–H groups in total. The number of ether oxygens (including phenoxy) is 1. The zero-order chi connectivity index (χ0) is 21.7. The van der Waals surface area contributed by atoms with Gasteiger partial charge in [0.05, 0.1) is 5.92 Å². The van der Waals surface area contributed by atoms with Gasteiger partial charge in [0.1, 0.15) is 5.75 Å². The Balaban J connectivity index is 1.37.